The molecule has 1 heterocycles. The highest BCUT2D eigenvalue weighted by Crippen LogP contribution is 2.62. The van der Waals surface area contributed by atoms with Crippen LogP contribution in [0.25, 0.3) is 6.08 Å². The number of benzene rings is 1. The Morgan fingerprint density at radius 1 is 1.10 bits per heavy atom. The molecule has 4 atom stereocenters. The van der Waals surface area contributed by atoms with Gasteiger partial charge in [-0.15, -0.1) is 7.05 Å². The molecule has 154 valence electrons. The number of hydrogen-bond acceptors (Lipinski definition) is 4. The van der Waals surface area contributed by atoms with Gasteiger partial charge in [-0.25, -0.2) is 9.59 Å². The molecule has 0 aromatic heterocycles. The predicted octanol–water partition coefficient (Wildman–Crippen LogP) is 3.51. The van der Waals surface area contributed by atoms with Crippen LogP contribution in [0.2, 0.25) is 0 Å². The number of carbonyl (C=O) groups excluding carboxylic acids is 2. The van der Waals surface area contributed by atoms with Crippen molar-refractivity contribution in [1.29, 1.82) is 0 Å². The third-order valence-corrected chi connectivity index (χ3v) is 7.65. The van der Waals surface area contributed by atoms with Crippen LogP contribution in [0.1, 0.15) is 39.2 Å². The Balaban J connectivity index is 1.47. The van der Waals surface area contributed by atoms with Crippen LogP contribution in [0.5, 0.6) is 0 Å². The number of rotatable bonds is 3. The second-order valence-electron chi connectivity index (χ2n) is 9.68. The van der Waals surface area contributed by atoms with Crippen molar-refractivity contribution in [2.45, 2.75) is 39.7 Å². The van der Waals surface area contributed by atoms with Gasteiger partial charge < -0.3 is 13.8 Å². The van der Waals surface area contributed by atoms with Gasteiger partial charge in [-0.2, -0.15) is 0 Å². The van der Waals surface area contributed by atoms with Gasteiger partial charge in [0.25, 0.3) is 0 Å². The average molecular weight is 395 g/mol. The molecule has 5 rings (SSSR count). The Kier molecular flexibility index (Phi) is 5.10. The molecule has 6 heteroatoms. The summed E-state index contributed by atoms with van der Waals surface area (Å²) >= 11 is 0. The summed E-state index contributed by atoms with van der Waals surface area (Å²) < 4.78 is 11.1. The minimum atomic E-state index is -1.000. The van der Waals surface area contributed by atoms with E-state index >= 15 is 0 Å². The Hall–Kier alpha value is -2.08. The Labute approximate surface area is 173 Å². The number of quaternary nitrogens is 1. The standard InChI is InChI=1S/C23H30BNO4/c1-16-19-12-18(23(19,2)3)13-20(16)25(4)14-21(26)28-24(29-22(27)15-25)11-10-17-8-6-5-7-9-17/h5-11,16,18-20H,4,12-15H2,1-3H3/b11-10+/t16-,18+,19?,20-/m1/s1. The maximum absolute atomic E-state index is 12.6. The van der Waals surface area contributed by atoms with E-state index in [-0.39, 0.29) is 35.6 Å². The van der Waals surface area contributed by atoms with Crippen molar-refractivity contribution >= 4 is 25.1 Å². The second kappa shape index (κ2) is 7.31. The lowest BCUT2D eigenvalue weighted by molar-refractivity contribution is -0.904. The lowest BCUT2D eigenvalue weighted by atomic mass is 9.44. The molecule has 4 aliphatic rings. The van der Waals surface area contributed by atoms with Crippen molar-refractivity contribution in [2.24, 2.45) is 23.2 Å². The largest absolute Gasteiger partial charge is 0.629 e. The van der Waals surface area contributed by atoms with E-state index in [4.69, 9.17) is 9.31 Å². The van der Waals surface area contributed by atoms with Crippen LogP contribution < -0.4 is 0 Å². The molecule has 0 N–H and O–H groups in total. The lowest BCUT2D eigenvalue weighted by Crippen LogP contribution is -2.68. The molecule has 3 saturated carbocycles. The molecule has 0 spiro atoms. The van der Waals surface area contributed by atoms with Crippen LogP contribution in [0.3, 0.4) is 0 Å². The van der Waals surface area contributed by atoms with Crippen molar-refractivity contribution in [3.05, 3.63) is 48.9 Å². The Morgan fingerprint density at radius 2 is 1.72 bits per heavy atom. The Morgan fingerprint density at radius 3 is 2.28 bits per heavy atom. The highest BCUT2D eigenvalue weighted by Gasteiger charge is 2.59. The van der Waals surface area contributed by atoms with E-state index in [9.17, 15) is 9.59 Å². The summed E-state index contributed by atoms with van der Waals surface area (Å²) in [5.74, 6) is 2.50. The van der Waals surface area contributed by atoms with Gasteiger partial charge in [0.05, 0.1) is 6.04 Å². The van der Waals surface area contributed by atoms with E-state index < -0.39 is 7.12 Å². The molecule has 3 aliphatic carbocycles. The van der Waals surface area contributed by atoms with Gasteiger partial charge in [0.2, 0.25) is 0 Å². The van der Waals surface area contributed by atoms with Gasteiger partial charge in [0.15, 0.2) is 13.1 Å². The SMILES string of the molecule is [CH2-][N+]1([C@@H]2C[C@@H]3CC([C@H]2C)C3(C)C)CC(=O)OB(/C=C/c2ccccc2)OC(=O)C1. The van der Waals surface area contributed by atoms with E-state index in [1.165, 1.54) is 6.42 Å². The zero-order valence-corrected chi connectivity index (χ0v) is 17.5. The van der Waals surface area contributed by atoms with Crippen LogP contribution in [-0.4, -0.2) is 42.7 Å². The van der Waals surface area contributed by atoms with Gasteiger partial charge in [-0.05, 0) is 35.2 Å². The van der Waals surface area contributed by atoms with Gasteiger partial charge in [-0.3, -0.25) is 0 Å². The number of hydrogen-bond donors (Lipinski definition) is 0. The van der Waals surface area contributed by atoms with Crippen LogP contribution >= 0.6 is 0 Å². The van der Waals surface area contributed by atoms with Gasteiger partial charge in [0, 0.05) is 12.3 Å². The number of nitrogens with zero attached hydrogens (tertiary/aromatic N) is 1. The summed E-state index contributed by atoms with van der Waals surface area (Å²) in [6.07, 6.45) is 4.02. The zero-order valence-electron chi connectivity index (χ0n) is 17.5. The fourth-order valence-corrected chi connectivity index (χ4v) is 5.84. The molecule has 4 fully saturated rings. The normalized spacial score (nSPS) is 33.3. The first-order valence-corrected chi connectivity index (χ1v) is 10.5. The zero-order chi connectivity index (χ0) is 20.8. The highest BCUT2D eigenvalue weighted by molar-refractivity contribution is 6.55. The van der Waals surface area contributed by atoms with E-state index in [0.29, 0.717) is 23.2 Å². The molecule has 1 aromatic rings. The van der Waals surface area contributed by atoms with E-state index in [1.54, 1.807) is 12.1 Å². The summed E-state index contributed by atoms with van der Waals surface area (Å²) in [4.78, 5) is 25.3. The second-order valence-corrected chi connectivity index (χ2v) is 9.68. The first kappa shape index (κ1) is 20.2. The average Bonchev–Trinajstić information content (AvgIpc) is 2.65. The summed E-state index contributed by atoms with van der Waals surface area (Å²) in [6, 6.07) is 9.79. The minimum Gasteiger partial charge on any atom is -0.491 e. The monoisotopic (exact) mass is 395 g/mol. The molecule has 29 heavy (non-hydrogen) atoms. The first-order valence-electron chi connectivity index (χ1n) is 10.5. The van der Waals surface area contributed by atoms with Crippen molar-refractivity contribution in [1.82, 2.24) is 0 Å². The van der Waals surface area contributed by atoms with Crippen LogP contribution in [0.15, 0.2) is 36.3 Å². The first-order chi connectivity index (χ1) is 13.7. The predicted molar refractivity (Wildman–Crippen MR) is 112 cm³/mol. The topological polar surface area (TPSA) is 52.6 Å². The summed E-state index contributed by atoms with van der Waals surface area (Å²) in [7, 11) is 3.34. The third-order valence-electron chi connectivity index (χ3n) is 7.65. The molecule has 0 radical (unpaired) electrons. The number of carbonyl (C=O) groups is 2. The van der Waals surface area contributed by atoms with Crippen LogP contribution in [0.4, 0.5) is 0 Å². The lowest BCUT2D eigenvalue weighted by Gasteiger charge is -2.66. The molecule has 5 nitrogen and oxygen atoms in total. The third kappa shape index (κ3) is 3.75. The smallest absolute Gasteiger partial charge is 0.491 e. The van der Waals surface area contributed by atoms with E-state index in [0.717, 1.165) is 12.0 Å². The van der Waals surface area contributed by atoms with Gasteiger partial charge in [-0.1, -0.05) is 57.2 Å². The fraction of sp³-hybridized carbons (Fsp3) is 0.522. The number of fused-ring (bicyclic) bond motifs is 2. The minimum absolute atomic E-state index is 0.0969. The van der Waals surface area contributed by atoms with E-state index in [2.05, 4.69) is 27.8 Å². The van der Waals surface area contributed by atoms with Gasteiger partial charge >= 0.3 is 19.1 Å². The summed E-state index contributed by atoms with van der Waals surface area (Å²) in [6.45, 7) is 7.12. The quantitative estimate of drug-likeness (QED) is 0.447. The van der Waals surface area contributed by atoms with Crippen molar-refractivity contribution < 1.29 is 23.4 Å². The van der Waals surface area contributed by atoms with Gasteiger partial charge in [0.1, 0.15) is 0 Å². The van der Waals surface area contributed by atoms with E-state index in [1.807, 2.05) is 30.3 Å². The maximum Gasteiger partial charge on any atom is 0.629 e. The maximum atomic E-state index is 12.6. The molecular formula is C23H30BNO4. The molecule has 1 unspecified atom stereocenters. The molecular weight excluding hydrogens is 365 g/mol. The van der Waals surface area contributed by atoms with Crippen LogP contribution in [-0.2, 0) is 18.9 Å². The summed E-state index contributed by atoms with van der Waals surface area (Å²) in [5, 5.41) is 0. The van der Waals surface area contributed by atoms with Crippen molar-refractivity contribution in [3.8, 4) is 0 Å². The van der Waals surface area contributed by atoms with Crippen molar-refractivity contribution in [2.75, 3.05) is 13.1 Å². The molecule has 1 saturated heterocycles. The fourth-order valence-electron chi connectivity index (χ4n) is 5.84. The molecule has 1 aromatic carbocycles. The highest BCUT2D eigenvalue weighted by atomic mass is 16.6. The van der Waals surface area contributed by atoms with Crippen LogP contribution in [0, 0.1) is 30.2 Å². The molecule has 1 aliphatic heterocycles. The molecule has 2 bridgehead atoms. The van der Waals surface area contributed by atoms with Crippen molar-refractivity contribution in [3.63, 3.8) is 0 Å². The molecule has 0 amide bonds. The summed E-state index contributed by atoms with van der Waals surface area (Å²) in [5.41, 5.74) is 1.29. The Bertz CT molecular complexity index is 801.